The number of rotatable bonds is 7. The van der Waals surface area contributed by atoms with Gasteiger partial charge in [-0.1, -0.05) is 92.7 Å². The summed E-state index contributed by atoms with van der Waals surface area (Å²) in [6.45, 7) is 4.40. The monoisotopic (exact) mass is 533 g/mol. The predicted octanol–water partition coefficient (Wildman–Crippen LogP) is 9.31. The number of hydrogen-bond acceptors (Lipinski definition) is 4. The second-order valence-corrected chi connectivity index (χ2v) is 10.5. The van der Waals surface area contributed by atoms with Crippen LogP contribution < -0.4 is 4.90 Å². The van der Waals surface area contributed by atoms with Crippen molar-refractivity contribution in [3.05, 3.63) is 157 Å². The smallest absolute Gasteiger partial charge is 0.137 e. The van der Waals surface area contributed by atoms with E-state index in [4.69, 9.17) is 4.98 Å². The van der Waals surface area contributed by atoms with E-state index in [1.807, 2.05) is 72.8 Å². The number of para-hydroxylation sites is 1. The van der Waals surface area contributed by atoms with Crippen molar-refractivity contribution in [2.45, 2.75) is 19.3 Å². The number of phenols is 1. The molecule has 4 nitrogen and oxygen atoms in total. The first kappa shape index (κ1) is 26.0. The van der Waals surface area contributed by atoms with Gasteiger partial charge in [0.25, 0.3) is 0 Å². The van der Waals surface area contributed by atoms with Gasteiger partial charge in [-0.15, -0.1) is 0 Å². The Morgan fingerprint density at radius 2 is 1.27 bits per heavy atom. The highest BCUT2D eigenvalue weighted by Crippen LogP contribution is 2.38. The van der Waals surface area contributed by atoms with Gasteiger partial charge in [-0.3, -0.25) is 4.90 Å². The lowest BCUT2D eigenvalue weighted by atomic mass is 9.77. The molecule has 41 heavy (non-hydrogen) atoms. The van der Waals surface area contributed by atoms with Crippen LogP contribution in [0.3, 0.4) is 0 Å². The average molecular weight is 534 g/mol. The molecule has 0 saturated carbocycles. The second-order valence-electron chi connectivity index (χ2n) is 10.5. The Hall–Kier alpha value is -5.22. The van der Waals surface area contributed by atoms with Gasteiger partial charge in [0, 0.05) is 34.1 Å². The van der Waals surface area contributed by atoms with Gasteiger partial charge in [0.15, 0.2) is 0 Å². The summed E-state index contributed by atoms with van der Waals surface area (Å²) in [7, 11) is 0. The largest absolute Gasteiger partial charge is 0.507 e. The Balaban J connectivity index is 1.39. The zero-order valence-electron chi connectivity index (χ0n) is 23.1. The van der Waals surface area contributed by atoms with Crippen LogP contribution >= 0.6 is 0 Å². The molecular formula is C37H31N3O. The maximum Gasteiger partial charge on any atom is 0.137 e. The third-order valence-electron chi connectivity index (χ3n) is 7.53. The predicted molar refractivity (Wildman–Crippen MR) is 168 cm³/mol. The van der Waals surface area contributed by atoms with Gasteiger partial charge in [-0.25, -0.2) is 9.97 Å². The first-order chi connectivity index (χ1) is 20.0. The summed E-state index contributed by atoms with van der Waals surface area (Å²) in [5.74, 6) is 1.04. The van der Waals surface area contributed by atoms with E-state index in [0.29, 0.717) is 5.56 Å². The highest BCUT2D eigenvalue weighted by molar-refractivity contribution is 5.78. The Bertz CT molecular complexity index is 1730. The molecule has 0 aliphatic carbocycles. The molecule has 4 aromatic carbocycles. The molecule has 2 aromatic heterocycles. The first-order valence-corrected chi connectivity index (χ1v) is 13.7. The third kappa shape index (κ3) is 5.32. The van der Waals surface area contributed by atoms with E-state index < -0.39 is 0 Å². The van der Waals surface area contributed by atoms with Gasteiger partial charge in [0.05, 0.1) is 11.4 Å². The number of pyridine rings is 2. The number of aromatic nitrogens is 2. The van der Waals surface area contributed by atoms with E-state index in [1.54, 1.807) is 12.3 Å². The van der Waals surface area contributed by atoms with Crippen LogP contribution in [-0.4, -0.2) is 15.1 Å². The fourth-order valence-electron chi connectivity index (χ4n) is 5.18. The van der Waals surface area contributed by atoms with Gasteiger partial charge in [0.1, 0.15) is 11.6 Å². The van der Waals surface area contributed by atoms with Crippen LogP contribution in [0.15, 0.2) is 146 Å². The quantitative estimate of drug-likeness (QED) is 0.222. The summed E-state index contributed by atoms with van der Waals surface area (Å²) in [5, 5.41) is 10.9. The van der Waals surface area contributed by atoms with Crippen molar-refractivity contribution in [2.75, 3.05) is 4.90 Å². The van der Waals surface area contributed by atoms with Crippen molar-refractivity contribution in [2.24, 2.45) is 0 Å². The summed E-state index contributed by atoms with van der Waals surface area (Å²) in [6.07, 6.45) is 1.81. The molecule has 200 valence electrons. The van der Waals surface area contributed by atoms with Gasteiger partial charge < -0.3 is 5.11 Å². The van der Waals surface area contributed by atoms with Crippen LogP contribution in [0.1, 0.15) is 25.0 Å². The zero-order valence-corrected chi connectivity index (χ0v) is 23.1. The molecule has 0 radical (unpaired) electrons. The SMILES string of the molecule is CC(C)(c1ccccc1)c1ccc(O)c(-c2cccc(-c3cccc(N(c4ccccc4)c4ccccn4)c3)n2)c1. The Morgan fingerprint density at radius 1 is 0.585 bits per heavy atom. The molecule has 0 atom stereocenters. The summed E-state index contributed by atoms with van der Waals surface area (Å²) in [6, 6.07) is 46.7. The molecule has 0 fully saturated rings. The molecule has 0 spiro atoms. The summed E-state index contributed by atoms with van der Waals surface area (Å²) in [4.78, 5) is 11.8. The van der Waals surface area contributed by atoms with Gasteiger partial charge >= 0.3 is 0 Å². The fraction of sp³-hybridized carbons (Fsp3) is 0.0811. The first-order valence-electron chi connectivity index (χ1n) is 13.7. The molecule has 4 heteroatoms. The minimum Gasteiger partial charge on any atom is -0.507 e. The third-order valence-corrected chi connectivity index (χ3v) is 7.53. The summed E-state index contributed by atoms with van der Waals surface area (Å²) >= 11 is 0. The van der Waals surface area contributed by atoms with E-state index in [1.165, 1.54) is 5.56 Å². The molecule has 2 heterocycles. The molecule has 6 aromatic rings. The van der Waals surface area contributed by atoms with Crippen molar-refractivity contribution < 1.29 is 5.11 Å². The van der Waals surface area contributed by atoms with Crippen LogP contribution in [0.2, 0.25) is 0 Å². The topological polar surface area (TPSA) is 49.2 Å². The van der Waals surface area contributed by atoms with Crippen molar-refractivity contribution in [3.8, 4) is 28.3 Å². The van der Waals surface area contributed by atoms with Crippen LogP contribution in [0.4, 0.5) is 17.2 Å². The average Bonchev–Trinajstić information content (AvgIpc) is 3.03. The number of aromatic hydroxyl groups is 1. The van der Waals surface area contributed by atoms with Crippen LogP contribution in [0, 0.1) is 0 Å². The molecule has 1 N–H and O–H groups in total. The standard InChI is InChI=1S/C37H31N3O/c1-37(2,28-14-5-3-6-15-28)29-22-23-35(41)32(26-29)34-20-12-19-33(39-34)27-13-11-18-31(25-27)40(30-16-7-4-8-17-30)36-21-9-10-24-38-36/h3-26,41H,1-2H3. The molecule has 0 unspecified atom stereocenters. The van der Waals surface area contributed by atoms with Crippen molar-refractivity contribution in [3.63, 3.8) is 0 Å². The molecule has 0 amide bonds. The molecule has 0 aliphatic rings. The maximum absolute atomic E-state index is 10.9. The number of benzene rings is 4. The Labute approximate surface area is 241 Å². The summed E-state index contributed by atoms with van der Waals surface area (Å²) in [5.41, 5.74) is 7.33. The van der Waals surface area contributed by atoms with Crippen molar-refractivity contribution in [1.29, 1.82) is 0 Å². The van der Waals surface area contributed by atoms with E-state index in [-0.39, 0.29) is 11.2 Å². The molecular weight excluding hydrogens is 502 g/mol. The second kappa shape index (κ2) is 11.1. The number of nitrogens with zero attached hydrogens (tertiary/aromatic N) is 3. The fourth-order valence-corrected chi connectivity index (χ4v) is 5.18. The van der Waals surface area contributed by atoms with Crippen LogP contribution in [0.5, 0.6) is 5.75 Å². The van der Waals surface area contributed by atoms with Crippen molar-refractivity contribution >= 4 is 17.2 Å². The van der Waals surface area contributed by atoms with Gasteiger partial charge in [0.2, 0.25) is 0 Å². The minimum atomic E-state index is -0.234. The summed E-state index contributed by atoms with van der Waals surface area (Å²) < 4.78 is 0. The Morgan fingerprint density at radius 3 is 2.02 bits per heavy atom. The molecule has 0 bridgehead atoms. The van der Waals surface area contributed by atoms with E-state index in [9.17, 15) is 5.11 Å². The number of hydrogen-bond donors (Lipinski definition) is 1. The molecule has 6 rings (SSSR count). The van der Waals surface area contributed by atoms with Gasteiger partial charge in [-0.05, 0) is 71.8 Å². The van der Waals surface area contributed by atoms with Crippen LogP contribution in [0.25, 0.3) is 22.5 Å². The number of phenolic OH excluding ortho intramolecular Hbond substituents is 1. The number of anilines is 3. The highest BCUT2D eigenvalue weighted by Gasteiger charge is 2.24. The minimum absolute atomic E-state index is 0.210. The lowest BCUT2D eigenvalue weighted by molar-refractivity contribution is 0.476. The maximum atomic E-state index is 10.9. The highest BCUT2D eigenvalue weighted by atomic mass is 16.3. The van der Waals surface area contributed by atoms with Gasteiger partial charge in [-0.2, -0.15) is 0 Å². The van der Waals surface area contributed by atoms with Crippen LogP contribution in [-0.2, 0) is 5.41 Å². The molecule has 0 saturated heterocycles. The van der Waals surface area contributed by atoms with E-state index in [0.717, 1.165) is 39.7 Å². The Kier molecular flexibility index (Phi) is 7.05. The van der Waals surface area contributed by atoms with E-state index >= 15 is 0 Å². The lowest BCUT2D eigenvalue weighted by Gasteiger charge is -2.27. The normalized spacial score (nSPS) is 11.3. The lowest BCUT2D eigenvalue weighted by Crippen LogP contribution is -2.18. The van der Waals surface area contributed by atoms with Crippen molar-refractivity contribution in [1.82, 2.24) is 9.97 Å². The van der Waals surface area contributed by atoms with E-state index in [2.05, 4.69) is 84.4 Å². The zero-order chi connectivity index (χ0) is 28.2. The molecule has 0 aliphatic heterocycles.